The minimum atomic E-state index is -3.95. The van der Waals surface area contributed by atoms with Crippen molar-refractivity contribution in [2.45, 2.75) is 4.90 Å². The van der Waals surface area contributed by atoms with Crippen molar-refractivity contribution in [3.05, 3.63) is 76.6 Å². The van der Waals surface area contributed by atoms with Gasteiger partial charge in [0.05, 0.1) is 16.9 Å². The second-order valence-electron chi connectivity index (χ2n) is 5.80. The van der Waals surface area contributed by atoms with Gasteiger partial charge in [-0.1, -0.05) is 12.1 Å². The van der Waals surface area contributed by atoms with Crippen LogP contribution < -0.4 is 14.8 Å². The number of nitrogens with one attached hydrogen (secondary N) is 2. The van der Waals surface area contributed by atoms with Crippen LogP contribution in [0.1, 0.15) is 10.4 Å². The van der Waals surface area contributed by atoms with E-state index in [2.05, 4.69) is 20.0 Å². The van der Waals surface area contributed by atoms with Gasteiger partial charge in [-0.2, -0.15) is 0 Å². The second-order valence-corrected chi connectivity index (χ2v) is 7.49. The predicted molar refractivity (Wildman–Crippen MR) is 107 cm³/mol. The number of carbonyl (C=O) groups excluding carboxylic acids is 1. The monoisotopic (exact) mass is 429 g/mol. The molecule has 1 aromatic heterocycles. The fourth-order valence-corrected chi connectivity index (χ4v) is 3.44. The summed E-state index contributed by atoms with van der Waals surface area (Å²) in [6.45, 7) is 0. The minimum Gasteiger partial charge on any atom is -0.481 e. The summed E-state index contributed by atoms with van der Waals surface area (Å²) < 4.78 is 32.2. The van der Waals surface area contributed by atoms with Crippen LogP contribution in [0, 0.1) is 10.1 Å². The maximum absolute atomic E-state index is 12.5. The van der Waals surface area contributed by atoms with E-state index in [1.165, 1.54) is 61.7 Å². The molecule has 1 amide bonds. The molecule has 0 aliphatic heterocycles. The molecule has 0 bridgehead atoms. The fourth-order valence-electron chi connectivity index (χ4n) is 2.44. The first-order chi connectivity index (χ1) is 14.3. The number of aromatic nitrogens is 2. The molecule has 0 aliphatic rings. The molecule has 0 saturated carbocycles. The Bertz CT molecular complexity index is 1200. The third-order valence-corrected chi connectivity index (χ3v) is 5.23. The highest BCUT2D eigenvalue weighted by Crippen LogP contribution is 2.21. The number of nitro benzene ring substituents is 1. The van der Waals surface area contributed by atoms with Crippen molar-refractivity contribution >= 4 is 33.1 Å². The van der Waals surface area contributed by atoms with Gasteiger partial charge >= 0.3 is 0 Å². The Hall–Kier alpha value is -4.06. The number of para-hydroxylation sites is 1. The Labute approximate surface area is 171 Å². The van der Waals surface area contributed by atoms with E-state index < -0.39 is 20.9 Å². The minimum absolute atomic E-state index is 0.0237. The van der Waals surface area contributed by atoms with E-state index in [0.717, 1.165) is 6.33 Å². The van der Waals surface area contributed by atoms with E-state index >= 15 is 0 Å². The van der Waals surface area contributed by atoms with E-state index in [1.54, 1.807) is 0 Å². The number of hydrogen-bond donors (Lipinski definition) is 2. The molecule has 12 heteroatoms. The molecule has 30 heavy (non-hydrogen) atoms. The second kappa shape index (κ2) is 8.53. The Kier molecular flexibility index (Phi) is 5.88. The summed E-state index contributed by atoms with van der Waals surface area (Å²) in [6, 6.07) is 12.1. The number of amides is 1. The smallest absolute Gasteiger partial charge is 0.282 e. The number of methoxy groups -OCH3 is 1. The number of anilines is 2. The molecule has 0 aliphatic carbocycles. The van der Waals surface area contributed by atoms with Gasteiger partial charge in [-0.15, -0.1) is 0 Å². The van der Waals surface area contributed by atoms with Crippen LogP contribution in [0.25, 0.3) is 0 Å². The molecule has 11 nitrogen and oxygen atoms in total. The molecule has 2 aromatic carbocycles. The summed E-state index contributed by atoms with van der Waals surface area (Å²) in [5.41, 5.74) is -0.182. The highest BCUT2D eigenvalue weighted by Gasteiger charge is 2.20. The van der Waals surface area contributed by atoms with Crippen molar-refractivity contribution in [3.8, 4) is 5.88 Å². The van der Waals surface area contributed by atoms with Crippen LogP contribution in [0.15, 0.2) is 65.8 Å². The lowest BCUT2D eigenvalue weighted by Crippen LogP contribution is -2.15. The van der Waals surface area contributed by atoms with Crippen molar-refractivity contribution in [3.63, 3.8) is 0 Å². The molecule has 3 aromatic rings. The zero-order valence-corrected chi connectivity index (χ0v) is 16.3. The van der Waals surface area contributed by atoms with Gasteiger partial charge in [0.15, 0.2) is 0 Å². The highest BCUT2D eigenvalue weighted by atomic mass is 32.2. The number of benzene rings is 2. The molecule has 154 valence electrons. The van der Waals surface area contributed by atoms with Crippen LogP contribution in [-0.4, -0.2) is 36.3 Å². The zero-order chi connectivity index (χ0) is 21.7. The van der Waals surface area contributed by atoms with Crippen molar-refractivity contribution < 1.29 is 22.9 Å². The number of nitrogens with zero attached hydrogens (tertiary/aromatic N) is 3. The lowest BCUT2D eigenvalue weighted by atomic mass is 10.1. The standard InChI is InChI=1S/C18H15N5O6S/c1-29-17-10-16(19-11-20-17)22-30(27,28)13-8-6-12(7-9-13)21-18(24)14-4-2-3-5-15(14)23(25)26/h2-11H,1H3,(H,21,24)(H,19,20,22). The molecule has 0 atom stereocenters. The first kappa shape index (κ1) is 20.7. The van der Waals surface area contributed by atoms with E-state index in [4.69, 9.17) is 4.74 Å². The van der Waals surface area contributed by atoms with Crippen molar-refractivity contribution in [2.75, 3.05) is 17.1 Å². The molecular formula is C18H15N5O6S. The van der Waals surface area contributed by atoms with E-state index in [0.29, 0.717) is 0 Å². The average Bonchev–Trinajstić information content (AvgIpc) is 2.74. The summed E-state index contributed by atoms with van der Waals surface area (Å²) in [6.07, 6.45) is 1.15. The van der Waals surface area contributed by atoms with Gasteiger partial charge < -0.3 is 10.1 Å². The highest BCUT2D eigenvalue weighted by molar-refractivity contribution is 7.92. The number of sulfonamides is 1. The molecule has 0 unspecified atom stereocenters. The first-order valence-electron chi connectivity index (χ1n) is 8.34. The van der Waals surface area contributed by atoms with Gasteiger partial charge in [0.1, 0.15) is 17.7 Å². The number of hydrogen-bond acceptors (Lipinski definition) is 8. The summed E-state index contributed by atoms with van der Waals surface area (Å²) in [5, 5.41) is 13.6. The molecule has 3 rings (SSSR count). The van der Waals surface area contributed by atoms with Gasteiger partial charge in [0.2, 0.25) is 5.88 Å². The van der Waals surface area contributed by atoms with Crippen LogP contribution in [0.4, 0.5) is 17.2 Å². The van der Waals surface area contributed by atoms with Gasteiger partial charge in [0.25, 0.3) is 21.6 Å². The summed E-state index contributed by atoms with van der Waals surface area (Å²) in [5.74, 6) is -0.476. The Morgan fingerprint density at radius 1 is 1.10 bits per heavy atom. The average molecular weight is 429 g/mol. The SMILES string of the molecule is COc1cc(NS(=O)(=O)c2ccc(NC(=O)c3ccccc3[N+](=O)[O-])cc2)ncn1. The van der Waals surface area contributed by atoms with Crippen molar-refractivity contribution in [1.82, 2.24) is 9.97 Å². The summed E-state index contributed by atoms with van der Waals surface area (Å²) in [4.78, 5) is 30.3. The maximum atomic E-state index is 12.5. The van der Waals surface area contributed by atoms with Crippen molar-refractivity contribution in [2.24, 2.45) is 0 Å². The maximum Gasteiger partial charge on any atom is 0.282 e. The van der Waals surface area contributed by atoms with Gasteiger partial charge in [-0.25, -0.2) is 18.4 Å². The predicted octanol–water partition coefficient (Wildman–Crippen LogP) is 2.45. The van der Waals surface area contributed by atoms with Crippen LogP contribution >= 0.6 is 0 Å². The normalized spacial score (nSPS) is 10.8. The fraction of sp³-hybridized carbons (Fsp3) is 0.0556. The molecule has 0 fully saturated rings. The van der Waals surface area contributed by atoms with E-state index in [-0.39, 0.29) is 33.5 Å². The lowest BCUT2D eigenvalue weighted by molar-refractivity contribution is -0.385. The van der Waals surface area contributed by atoms with E-state index in [9.17, 15) is 23.3 Å². The Balaban J connectivity index is 1.76. The molecule has 0 saturated heterocycles. The lowest BCUT2D eigenvalue weighted by Gasteiger charge is -2.09. The van der Waals surface area contributed by atoms with E-state index in [1.807, 2.05) is 0 Å². The third kappa shape index (κ3) is 4.67. The van der Waals surface area contributed by atoms with Crippen LogP contribution in [0.2, 0.25) is 0 Å². The number of rotatable bonds is 7. The van der Waals surface area contributed by atoms with Crippen LogP contribution in [-0.2, 0) is 10.0 Å². The molecule has 0 spiro atoms. The molecular weight excluding hydrogens is 414 g/mol. The largest absolute Gasteiger partial charge is 0.481 e. The van der Waals surface area contributed by atoms with Gasteiger partial charge in [-0.3, -0.25) is 19.6 Å². The van der Waals surface area contributed by atoms with Gasteiger partial charge in [-0.05, 0) is 30.3 Å². The number of nitro groups is 1. The first-order valence-corrected chi connectivity index (χ1v) is 9.82. The molecule has 2 N–H and O–H groups in total. The summed E-state index contributed by atoms with van der Waals surface area (Å²) in [7, 11) is -2.56. The quantitative estimate of drug-likeness (QED) is 0.429. The van der Waals surface area contributed by atoms with Gasteiger partial charge in [0, 0.05) is 17.8 Å². The Morgan fingerprint density at radius 3 is 2.47 bits per heavy atom. The molecule has 0 radical (unpaired) electrons. The number of ether oxygens (including phenoxy) is 1. The Morgan fingerprint density at radius 2 is 1.80 bits per heavy atom. The topological polar surface area (TPSA) is 153 Å². The van der Waals surface area contributed by atoms with Crippen molar-refractivity contribution in [1.29, 1.82) is 0 Å². The third-order valence-electron chi connectivity index (χ3n) is 3.86. The summed E-state index contributed by atoms with van der Waals surface area (Å²) >= 11 is 0. The zero-order valence-electron chi connectivity index (χ0n) is 15.5. The number of carbonyl (C=O) groups is 1. The van der Waals surface area contributed by atoms with Crippen LogP contribution in [0.5, 0.6) is 5.88 Å². The van der Waals surface area contributed by atoms with Crippen LogP contribution in [0.3, 0.4) is 0 Å². The molecule has 1 heterocycles.